The number of carbonyl (C=O) groups is 4. The van der Waals surface area contributed by atoms with Gasteiger partial charge in [-0.15, -0.1) is 11.3 Å². The third kappa shape index (κ3) is 6.62. The minimum Gasteiger partial charge on any atom is -0.484 e. The summed E-state index contributed by atoms with van der Waals surface area (Å²) >= 11 is 1.26. The molecule has 3 aromatic rings. The highest BCUT2D eigenvalue weighted by molar-refractivity contribution is 7.11. The maximum atomic E-state index is 13.1. The van der Waals surface area contributed by atoms with E-state index in [2.05, 4.69) is 22.4 Å². The van der Waals surface area contributed by atoms with Crippen LogP contribution in [0.3, 0.4) is 0 Å². The molecule has 2 aliphatic heterocycles. The van der Waals surface area contributed by atoms with E-state index in [1.165, 1.54) is 29.7 Å². The van der Waals surface area contributed by atoms with Gasteiger partial charge in [-0.3, -0.25) is 14.4 Å². The van der Waals surface area contributed by atoms with Crippen molar-refractivity contribution in [3.05, 3.63) is 81.3 Å². The predicted molar refractivity (Wildman–Crippen MR) is 162 cm³/mol. The van der Waals surface area contributed by atoms with Crippen molar-refractivity contribution in [3.63, 3.8) is 0 Å². The largest absolute Gasteiger partial charge is 0.484 e. The molecule has 1 aliphatic carbocycles. The molecular formula is C33H35N3O7S. The van der Waals surface area contributed by atoms with Gasteiger partial charge in [0.05, 0.1) is 23.9 Å². The molecular weight excluding hydrogens is 582 g/mol. The smallest absolute Gasteiger partial charge is 0.335 e. The van der Waals surface area contributed by atoms with E-state index in [-0.39, 0.29) is 42.3 Å². The molecule has 44 heavy (non-hydrogen) atoms. The number of hydrogen-bond donors (Lipinski definition) is 2. The summed E-state index contributed by atoms with van der Waals surface area (Å²) in [5, 5.41) is 15.2. The summed E-state index contributed by atoms with van der Waals surface area (Å²) in [7, 11) is 0. The zero-order chi connectivity index (χ0) is 30.8. The number of esters is 1. The molecule has 1 aromatic heterocycles. The van der Waals surface area contributed by atoms with Crippen LogP contribution in [-0.4, -0.2) is 64.5 Å². The molecule has 0 spiro atoms. The van der Waals surface area contributed by atoms with Crippen molar-refractivity contribution in [3.8, 4) is 5.75 Å². The quantitative estimate of drug-likeness (QED) is 0.306. The first kappa shape index (κ1) is 29.8. The van der Waals surface area contributed by atoms with Crippen molar-refractivity contribution in [2.24, 2.45) is 5.92 Å². The molecule has 2 amide bonds. The first-order valence-electron chi connectivity index (χ1n) is 15.1. The number of rotatable bonds is 10. The van der Waals surface area contributed by atoms with Gasteiger partial charge in [-0.1, -0.05) is 24.3 Å². The predicted octanol–water partition coefficient (Wildman–Crippen LogP) is 4.93. The van der Waals surface area contributed by atoms with Crippen LogP contribution in [0.25, 0.3) is 0 Å². The van der Waals surface area contributed by atoms with Crippen LogP contribution in [0.1, 0.15) is 93.8 Å². The average molecular weight is 618 g/mol. The summed E-state index contributed by atoms with van der Waals surface area (Å²) in [6.45, 7) is 2.86. The molecule has 3 heterocycles. The van der Waals surface area contributed by atoms with E-state index in [4.69, 9.17) is 9.47 Å². The molecule has 0 unspecified atom stereocenters. The monoisotopic (exact) mass is 617 g/mol. The molecule has 2 aromatic carbocycles. The number of cyclic esters (lactones) is 1. The van der Waals surface area contributed by atoms with Gasteiger partial charge in [0, 0.05) is 30.6 Å². The Labute approximate surface area is 259 Å². The number of nitrogens with zero attached hydrogens (tertiary/aromatic N) is 2. The lowest BCUT2D eigenvalue weighted by Gasteiger charge is -2.35. The third-order valence-corrected chi connectivity index (χ3v) is 9.42. The Morgan fingerprint density at radius 2 is 1.91 bits per heavy atom. The molecule has 6 rings (SSSR count). The lowest BCUT2D eigenvalue weighted by molar-refractivity contribution is -0.138. The van der Waals surface area contributed by atoms with E-state index in [1.54, 1.807) is 34.7 Å². The number of hydrogen-bond acceptors (Lipinski definition) is 8. The van der Waals surface area contributed by atoms with Gasteiger partial charge in [0.15, 0.2) is 5.01 Å². The van der Waals surface area contributed by atoms with Crippen molar-refractivity contribution < 1.29 is 33.8 Å². The molecule has 11 heteroatoms. The van der Waals surface area contributed by atoms with Crippen molar-refractivity contribution in [2.45, 2.75) is 63.0 Å². The third-order valence-electron chi connectivity index (χ3n) is 8.65. The van der Waals surface area contributed by atoms with Crippen molar-refractivity contribution in [1.82, 2.24) is 15.2 Å². The first-order chi connectivity index (χ1) is 21.3. The maximum Gasteiger partial charge on any atom is 0.335 e. The van der Waals surface area contributed by atoms with Crippen LogP contribution >= 0.6 is 11.3 Å². The summed E-state index contributed by atoms with van der Waals surface area (Å²) in [4.78, 5) is 55.8. The number of thiazole rings is 1. The number of amides is 2. The van der Waals surface area contributed by atoms with E-state index < -0.39 is 24.0 Å². The van der Waals surface area contributed by atoms with Crippen molar-refractivity contribution in [2.75, 3.05) is 19.7 Å². The van der Waals surface area contributed by atoms with Crippen LogP contribution in [-0.2, 0) is 14.3 Å². The fraction of sp³-hybridized carbons (Fsp3) is 0.424. The highest BCUT2D eigenvalue weighted by atomic mass is 32.1. The Morgan fingerprint density at radius 1 is 1.11 bits per heavy atom. The van der Waals surface area contributed by atoms with Crippen molar-refractivity contribution in [1.29, 1.82) is 0 Å². The van der Waals surface area contributed by atoms with Gasteiger partial charge in [0.25, 0.3) is 5.91 Å². The minimum absolute atomic E-state index is 0.0734. The lowest BCUT2D eigenvalue weighted by atomic mass is 9.86. The number of carbonyl (C=O) groups excluding carboxylic acids is 3. The number of ether oxygens (including phenoxy) is 2. The van der Waals surface area contributed by atoms with Crippen LogP contribution in [0, 0.1) is 5.92 Å². The highest BCUT2D eigenvalue weighted by Crippen LogP contribution is 2.41. The summed E-state index contributed by atoms with van der Waals surface area (Å²) in [6.07, 6.45) is 4.88. The van der Waals surface area contributed by atoms with Gasteiger partial charge in [0.2, 0.25) is 5.91 Å². The van der Waals surface area contributed by atoms with Gasteiger partial charge >= 0.3 is 11.9 Å². The number of benzene rings is 2. The Kier molecular flexibility index (Phi) is 8.65. The number of piperidine rings is 1. The van der Waals surface area contributed by atoms with E-state index in [0.29, 0.717) is 48.2 Å². The van der Waals surface area contributed by atoms with Crippen molar-refractivity contribution >= 4 is 35.1 Å². The molecule has 1 saturated carbocycles. The van der Waals surface area contributed by atoms with E-state index in [1.807, 2.05) is 19.1 Å². The van der Waals surface area contributed by atoms with Crippen LogP contribution in [0.5, 0.6) is 5.75 Å². The molecule has 0 radical (unpaired) electrons. The number of aromatic carboxylic acids is 1. The summed E-state index contributed by atoms with van der Waals surface area (Å²) in [5.41, 5.74) is 2.91. The second kappa shape index (κ2) is 12.8. The fourth-order valence-corrected chi connectivity index (χ4v) is 6.71. The number of nitrogens with one attached hydrogen (secondary N) is 1. The Bertz CT molecular complexity index is 1540. The Morgan fingerprint density at radius 3 is 2.57 bits per heavy atom. The zero-order valence-corrected chi connectivity index (χ0v) is 25.3. The summed E-state index contributed by atoms with van der Waals surface area (Å²) in [5.74, 6) is -1.51. The topological polar surface area (TPSA) is 135 Å². The highest BCUT2D eigenvalue weighted by Gasteiger charge is 2.36. The zero-order valence-electron chi connectivity index (χ0n) is 24.4. The molecule has 10 nitrogen and oxygen atoms in total. The van der Waals surface area contributed by atoms with Crippen LogP contribution in [0.2, 0.25) is 0 Å². The number of likely N-dealkylation sites (tertiary alicyclic amines) is 1. The molecule has 2 N–H and O–H groups in total. The fourth-order valence-electron chi connectivity index (χ4n) is 6.17. The number of carboxylic acid groups (broad SMARTS) is 1. The number of aromatic nitrogens is 1. The van der Waals surface area contributed by atoms with Gasteiger partial charge in [-0.25, -0.2) is 9.78 Å². The van der Waals surface area contributed by atoms with Gasteiger partial charge < -0.3 is 24.8 Å². The number of carboxylic acids is 1. The van der Waals surface area contributed by atoms with Gasteiger partial charge in [0.1, 0.15) is 18.5 Å². The summed E-state index contributed by atoms with van der Waals surface area (Å²) in [6, 6.07) is 12.8. The minimum atomic E-state index is -1.05. The molecule has 3 aliphatic rings. The average Bonchev–Trinajstić information content (AvgIpc) is 3.54. The maximum absolute atomic E-state index is 13.1. The Balaban J connectivity index is 1.26. The SMILES string of the molecule is C[C@H](NC(=O)c1nccs1)[C@H](Oc1ccc(C(=O)O)c([C@@H]2CCCN(C(=O)[C@H]3COC(=O)C3)C2)c1)c1ccc(C2CC2)cc1. The summed E-state index contributed by atoms with van der Waals surface area (Å²) < 4.78 is 11.6. The Hall–Kier alpha value is -4.25. The molecule has 3 fully saturated rings. The lowest BCUT2D eigenvalue weighted by Crippen LogP contribution is -2.42. The van der Waals surface area contributed by atoms with E-state index in [0.717, 1.165) is 5.56 Å². The molecule has 4 atom stereocenters. The molecule has 2 saturated heterocycles. The van der Waals surface area contributed by atoms with E-state index >= 15 is 0 Å². The van der Waals surface area contributed by atoms with Crippen LogP contribution < -0.4 is 10.1 Å². The second-order valence-electron chi connectivity index (χ2n) is 11.8. The first-order valence-corrected chi connectivity index (χ1v) is 15.9. The standard InChI is InChI=1S/C33H35N3O7S/c1-19(35-30(38)31-34-12-14-44-31)29(22-8-6-21(7-9-22)20-4-5-20)43-25-10-11-26(33(40)41)27(16-25)23-3-2-13-36(17-23)32(39)24-15-28(37)42-18-24/h6-12,14,16,19-20,23-24,29H,2-5,13,15,17-18H2,1H3,(H,35,38)(H,40,41)/t19-,23+,24+,29-/m0/s1. The van der Waals surface area contributed by atoms with E-state index in [9.17, 15) is 24.3 Å². The molecule has 0 bridgehead atoms. The van der Waals surface area contributed by atoms with Gasteiger partial charge in [-0.2, -0.15) is 0 Å². The normalized spacial score (nSPS) is 21.3. The van der Waals surface area contributed by atoms with Gasteiger partial charge in [-0.05, 0) is 73.4 Å². The second-order valence-corrected chi connectivity index (χ2v) is 12.7. The van der Waals surface area contributed by atoms with Crippen LogP contribution in [0.15, 0.2) is 54.0 Å². The van der Waals surface area contributed by atoms with Crippen LogP contribution in [0.4, 0.5) is 0 Å². The molecule has 230 valence electrons.